The lowest BCUT2D eigenvalue weighted by Gasteiger charge is -2.41. The Morgan fingerprint density at radius 3 is 2.14 bits per heavy atom. The van der Waals surface area contributed by atoms with Gasteiger partial charge in [0.05, 0.1) is 39.4 Å². The highest BCUT2D eigenvalue weighted by Gasteiger charge is 2.41. The van der Waals surface area contributed by atoms with E-state index in [2.05, 4.69) is 41.6 Å². The highest BCUT2D eigenvalue weighted by molar-refractivity contribution is 7.80. The van der Waals surface area contributed by atoms with Gasteiger partial charge in [-0.05, 0) is 24.3 Å². The fourth-order valence-corrected chi connectivity index (χ4v) is 4.65. The Labute approximate surface area is 170 Å². The maximum Gasteiger partial charge on any atom is 0.217 e. The molecule has 1 N–H and O–H groups in total. The largest absolute Gasteiger partial charge is 0.726 e. The molecule has 0 aromatic heterocycles. The summed E-state index contributed by atoms with van der Waals surface area (Å²) in [6.07, 6.45) is 9.91. The van der Waals surface area contributed by atoms with Crippen LogP contribution in [-0.2, 0) is 20.2 Å². The van der Waals surface area contributed by atoms with E-state index in [4.69, 9.17) is 0 Å². The van der Waals surface area contributed by atoms with Crippen LogP contribution < -0.4 is 0 Å². The molecule has 0 amide bonds. The van der Waals surface area contributed by atoms with Gasteiger partial charge >= 0.3 is 0 Å². The summed E-state index contributed by atoms with van der Waals surface area (Å²) in [5.74, 6) is 0.442. The van der Waals surface area contributed by atoms with E-state index in [-0.39, 0.29) is 0 Å². The van der Waals surface area contributed by atoms with Gasteiger partial charge in [0.1, 0.15) is 0 Å². The van der Waals surface area contributed by atoms with Crippen LogP contribution in [0.2, 0.25) is 0 Å². The zero-order valence-electron chi connectivity index (χ0n) is 17.2. The first-order chi connectivity index (χ1) is 13.2. The van der Waals surface area contributed by atoms with Crippen molar-refractivity contribution in [3.8, 4) is 0 Å². The molecule has 1 aliphatic carbocycles. The first-order valence-corrected chi connectivity index (χ1v) is 11.6. The molecule has 1 aromatic rings. The molecule has 160 valence electrons. The van der Waals surface area contributed by atoms with Crippen LogP contribution in [-0.4, -0.2) is 56.4 Å². The predicted molar refractivity (Wildman–Crippen MR) is 108 cm³/mol. The summed E-state index contributed by atoms with van der Waals surface area (Å²) in [6.45, 7) is 3.69. The molecule has 7 heteroatoms. The van der Waals surface area contributed by atoms with E-state index in [9.17, 15) is 18.1 Å². The number of hydrogen-bond donors (Lipinski definition) is 1. The van der Waals surface area contributed by atoms with Crippen LogP contribution in [0.15, 0.2) is 30.3 Å². The summed E-state index contributed by atoms with van der Waals surface area (Å²) < 4.78 is 32.2. The van der Waals surface area contributed by atoms with Crippen molar-refractivity contribution in [2.75, 3.05) is 33.8 Å². The van der Waals surface area contributed by atoms with Crippen LogP contribution in [0.1, 0.15) is 56.9 Å². The summed E-state index contributed by atoms with van der Waals surface area (Å²) in [5.41, 5.74) is 0.527. The van der Waals surface area contributed by atoms with Gasteiger partial charge in [0.25, 0.3) is 0 Å². The summed E-state index contributed by atoms with van der Waals surface area (Å²) >= 11 is 0. The molecule has 2 aliphatic rings. The second kappa shape index (κ2) is 10.2. The van der Waals surface area contributed by atoms with Crippen LogP contribution in [0.5, 0.6) is 0 Å². The average Bonchev–Trinajstić information content (AvgIpc) is 3.14. The van der Waals surface area contributed by atoms with Crippen molar-refractivity contribution in [1.82, 2.24) is 0 Å². The minimum Gasteiger partial charge on any atom is -0.726 e. The van der Waals surface area contributed by atoms with Gasteiger partial charge in [0.2, 0.25) is 10.4 Å². The standard InChI is InChI=1S/C20H32NO.CH4O4S/c1-21(15-8-9-16-21)17-14-20(22,18-10-4-2-5-11-18)19-12-6-3-7-13-19;1-5-6(2,3)4/h2,4-5,10-11,19,22H,3,6-9,12-17H2,1H3;1H3,(H,2,3,4)/q+1;/p-1. The predicted octanol–water partition coefficient (Wildman–Crippen LogP) is 3.18. The molecule has 1 heterocycles. The minimum absolute atomic E-state index is 0.442. The molecule has 1 unspecified atom stereocenters. The zero-order valence-corrected chi connectivity index (χ0v) is 18.0. The van der Waals surface area contributed by atoms with Crippen molar-refractivity contribution < 1.29 is 26.7 Å². The number of benzene rings is 1. The van der Waals surface area contributed by atoms with Gasteiger partial charge in [-0.25, -0.2) is 8.42 Å². The van der Waals surface area contributed by atoms with Crippen LogP contribution >= 0.6 is 0 Å². The summed E-state index contributed by atoms with van der Waals surface area (Å²) in [4.78, 5) is 0. The van der Waals surface area contributed by atoms with Gasteiger partial charge in [-0.1, -0.05) is 49.6 Å². The van der Waals surface area contributed by atoms with Crippen molar-refractivity contribution in [3.63, 3.8) is 0 Å². The summed E-state index contributed by atoms with van der Waals surface area (Å²) in [6, 6.07) is 10.5. The summed E-state index contributed by atoms with van der Waals surface area (Å²) in [5, 5.41) is 11.7. The van der Waals surface area contributed by atoms with Crippen molar-refractivity contribution >= 4 is 10.4 Å². The SMILES string of the molecule is COS(=O)(=O)[O-].C[N+]1(CCC(O)(c2ccccc2)C2CCCCC2)CCCC1. The van der Waals surface area contributed by atoms with E-state index in [0.717, 1.165) is 30.1 Å². The number of hydrogen-bond acceptors (Lipinski definition) is 5. The van der Waals surface area contributed by atoms with Gasteiger partial charge in [-0.2, -0.15) is 0 Å². The Morgan fingerprint density at radius 2 is 1.64 bits per heavy atom. The van der Waals surface area contributed by atoms with Gasteiger partial charge in [0, 0.05) is 19.3 Å². The lowest BCUT2D eigenvalue weighted by molar-refractivity contribution is -0.898. The smallest absolute Gasteiger partial charge is 0.217 e. The van der Waals surface area contributed by atoms with Gasteiger partial charge < -0.3 is 14.1 Å². The number of aliphatic hydroxyl groups is 1. The molecule has 0 spiro atoms. The normalized spacial score (nSPS) is 22.1. The average molecular weight is 414 g/mol. The minimum atomic E-state index is -4.41. The Balaban J connectivity index is 0.000000409. The third-order valence-electron chi connectivity index (χ3n) is 6.44. The first kappa shape index (κ1) is 23.3. The molecular weight excluding hydrogens is 378 g/mol. The Kier molecular flexibility index (Phi) is 8.45. The Hall–Kier alpha value is -0.990. The molecule has 6 nitrogen and oxygen atoms in total. The molecule has 1 aromatic carbocycles. The number of quaternary nitrogens is 1. The molecule has 28 heavy (non-hydrogen) atoms. The summed E-state index contributed by atoms with van der Waals surface area (Å²) in [7, 11) is -1.23. The Bertz CT molecular complexity index is 682. The van der Waals surface area contributed by atoms with Crippen LogP contribution in [0.3, 0.4) is 0 Å². The second-order valence-corrected chi connectivity index (χ2v) is 9.60. The maximum absolute atomic E-state index is 11.7. The lowest BCUT2D eigenvalue weighted by Crippen LogP contribution is -2.46. The highest BCUT2D eigenvalue weighted by Crippen LogP contribution is 2.42. The van der Waals surface area contributed by atoms with Crippen molar-refractivity contribution in [2.24, 2.45) is 5.92 Å². The quantitative estimate of drug-likeness (QED) is 0.440. The topological polar surface area (TPSA) is 86.7 Å². The molecule has 1 saturated carbocycles. The molecular formula is C21H35NO5S. The zero-order chi connectivity index (χ0) is 20.7. The van der Waals surface area contributed by atoms with Crippen molar-refractivity contribution in [3.05, 3.63) is 35.9 Å². The maximum atomic E-state index is 11.7. The lowest BCUT2D eigenvalue weighted by atomic mass is 9.71. The van der Waals surface area contributed by atoms with E-state index in [1.807, 2.05) is 0 Å². The number of nitrogens with zero attached hydrogens (tertiary/aromatic N) is 1. The molecule has 0 radical (unpaired) electrons. The van der Waals surface area contributed by atoms with Crippen molar-refractivity contribution in [1.29, 1.82) is 0 Å². The third kappa shape index (κ3) is 6.81. The van der Waals surface area contributed by atoms with Crippen LogP contribution in [0.4, 0.5) is 0 Å². The van der Waals surface area contributed by atoms with E-state index < -0.39 is 16.0 Å². The van der Waals surface area contributed by atoms with Crippen LogP contribution in [0.25, 0.3) is 0 Å². The van der Waals surface area contributed by atoms with Gasteiger partial charge in [-0.15, -0.1) is 0 Å². The second-order valence-electron chi connectivity index (χ2n) is 8.45. The molecule has 0 bridgehead atoms. The molecule has 3 rings (SSSR count). The van der Waals surface area contributed by atoms with Crippen LogP contribution in [0, 0.1) is 5.92 Å². The molecule has 2 fully saturated rings. The molecule has 1 aliphatic heterocycles. The van der Waals surface area contributed by atoms with Gasteiger partial charge in [0.15, 0.2) is 0 Å². The fraction of sp³-hybridized carbons (Fsp3) is 0.714. The molecule has 1 atom stereocenters. The van der Waals surface area contributed by atoms with E-state index in [0.29, 0.717) is 5.92 Å². The van der Waals surface area contributed by atoms with Gasteiger partial charge in [-0.3, -0.25) is 4.18 Å². The highest BCUT2D eigenvalue weighted by atomic mass is 32.3. The third-order valence-corrected chi connectivity index (χ3v) is 6.85. The Morgan fingerprint density at radius 1 is 1.11 bits per heavy atom. The van der Waals surface area contributed by atoms with Crippen molar-refractivity contribution in [2.45, 2.75) is 57.0 Å². The van der Waals surface area contributed by atoms with E-state index >= 15 is 0 Å². The number of rotatable bonds is 6. The molecule has 1 saturated heterocycles. The van der Waals surface area contributed by atoms with E-state index in [1.54, 1.807) is 0 Å². The fourth-order valence-electron chi connectivity index (χ4n) is 4.65. The monoisotopic (exact) mass is 413 g/mol. The first-order valence-electron chi connectivity index (χ1n) is 10.3. The number of likely N-dealkylation sites (tertiary alicyclic amines) is 1. The van der Waals surface area contributed by atoms with E-state index in [1.165, 1.54) is 58.0 Å².